The molecule has 0 saturated carbocycles. The fourth-order valence-electron chi connectivity index (χ4n) is 2.08. The highest BCUT2D eigenvalue weighted by atomic mass is 79.9. The van der Waals surface area contributed by atoms with Crippen LogP contribution in [0.1, 0.15) is 17.4 Å². The molecule has 2 heterocycles. The fraction of sp³-hybridized carbons (Fsp3) is 0.118. The van der Waals surface area contributed by atoms with Gasteiger partial charge in [0.1, 0.15) is 5.65 Å². The number of ether oxygens (including phenoxy) is 1. The average molecular weight is 388 g/mol. The van der Waals surface area contributed by atoms with Crippen molar-refractivity contribution in [2.24, 2.45) is 0 Å². The number of nitrogens with zero attached hydrogens (tertiary/aromatic N) is 2. The van der Waals surface area contributed by atoms with E-state index in [0.29, 0.717) is 11.3 Å². The third kappa shape index (κ3) is 3.62. The molecule has 0 bridgehead atoms. The lowest BCUT2D eigenvalue weighted by Crippen LogP contribution is -2.30. The van der Waals surface area contributed by atoms with Gasteiger partial charge in [0, 0.05) is 22.6 Å². The fourth-order valence-corrected chi connectivity index (χ4v) is 2.35. The van der Waals surface area contributed by atoms with Crippen molar-refractivity contribution in [3.8, 4) is 0 Å². The average Bonchev–Trinajstić information content (AvgIpc) is 3.01. The molecule has 6 nitrogen and oxygen atoms in total. The molecular formula is C17H14BrN3O3. The molecule has 1 aromatic carbocycles. The second-order valence-electron chi connectivity index (χ2n) is 5.14. The van der Waals surface area contributed by atoms with Crippen molar-refractivity contribution < 1.29 is 14.3 Å². The van der Waals surface area contributed by atoms with Crippen LogP contribution in [0.15, 0.2) is 59.3 Å². The van der Waals surface area contributed by atoms with E-state index in [2.05, 4.69) is 26.2 Å². The Morgan fingerprint density at radius 1 is 1.21 bits per heavy atom. The molecule has 0 spiro atoms. The summed E-state index contributed by atoms with van der Waals surface area (Å²) in [6.45, 7) is 1.52. The predicted molar refractivity (Wildman–Crippen MR) is 92.8 cm³/mol. The molecule has 0 unspecified atom stereocenters. The second kappa shape index (κ2) is 6.84. The number of hydrogen-bond acceptors (Lipinski definition) is 4. The minimum Gasteiger partial charge on any atom is -0.448 e. The summed E-state index contributed by atoms with van der Waals surface area (Å²) >= 11 is 3.32. The van der Waals surface area contributed by atoms with E-state index in [1.54, 1.807) is 35.0 Å². The quantitative estimate of drug-likeness (QED) is 0.697. The maximum absolute atomic E-state index is 12.1. The lowest BCUT2D eigenvalue weighted by Gasteiger charge is -2.12. The van der Waals surface area contributed by atoms with E-state index in [-0.39, 0.29) is 5.69 Å². The maximum Gasteiger partial charge on any atom is 0.359 e. The van der Waals surface area contributed by atoms with Crippen LogP contribution in [0, 0.1) is 0 Å². The van der Waals surface area contributed by atoms with Crippen LogP contribution >= 0.6 is 15.9 Å². The van der Waals surface area contributed by atoms with E-state index in [0.717, 1.165) is 4.47 Å². The van der Waals surface area contributed by atoms with Crippen LogP contribution in [-0.2, 0) is 9.53 Å². The molecule has 1 N–H and O–H groups in total. The molecule has 7 heteroatoms. The van der Waals surface area contributed by atoms with Gasteiger partial charge in [-0.25, -0.2) is 9.78 Å². The molecule has 0 saturated heterocycles. The van der Waals surface area contributed by atoms with E-state index < -0.39 is 18.0 Å². The standard InChI is InChI=1S/C17H14BrN3O3/c1-11(16(22)19-13-7-5-12(18)6-8-13)24-17(23)14-10-21-9-3-2-4-15(21)20-14/h2-11H,1H3,(H,19,22)/t11-/m1/s1. The summed E-state index contributed by atoms with van der Waals surface area (Å²) in [5, 5.41) is 2.69. The van der Waals surface area contributed by atoms with Gasteiger partial charge in [0.25, 0.3) is 5.91 Å². The number of esters is 1. The Balaban J connectivity index is 1.64. The Bertz CT molecular complexity index is 856. The Labute approximate surface area is 146 Å². The molecule has 2 aromatic heterocycles. The van der Waals surface area contributed by atoms with Gasteiger partial charge in [-0.1, -0.05) is 22.0 Å². The number of hydrogen-bond donors (Lipinski definition) is 1. The van der Waals surface area contributed by atoms with Gasteiger partial charge in [-0.05, 0) is 43.3 Å². The third-order valence-corrected chi connectivity index (χ3v) is 3.87. The van der Waals surface area contributed by atoms with Gasteiger partial charge in [-0.15, -0.1) is 0 Å². The zero-order chi connectivity index (χ0) is 17.1. The zero-order valence-electron chi connectivity index (χ0n) is 12.8. The number of pyridine rings is 1. The van der Waals surface area contributed by atoms with Crippen molar-refractivity contribution in [3.63, 3.8) is 0 Å². The highest BCUT2D eigenvalue weighted by Crippen LogP contribution is 2.15. The number of nitrogens with one attached hydrogen (secondary N) is 1. The van der Waals surface area contributed by atoms with Crippen molar-refractivity contribution in [2.45, 2.75) is 13.0 Å². The molecule has 0 radical (unpaired) electrons. The molecule has 3 aromatic rings. The first-order chi connectivity index (χ1) is 11.5. The number of aromatic nitrogens is 2. The molecule has 3 rings (SSSR count). The number of amides is 1. The molecular weight excluding hydrogens is 374 g/mol. The van der Waals surface area contributed by atoms with Crippen molar-refractivity contribution >= 4 is 39.1 Å². The zero-order valence-corrected chi connectivity index (χ0v) is 14.4. The van der Waals surface area contributed by atoms with Crippen LogP contribution < -0.4 is 5.32 Å². The highest BCUT2D eigenvalue weighted by molar-refractivity contribution is 9.10. The first-order valence-electron chi connectivity index (χ1n) is 7.24. The molecule has 0 aliphatic heterocycles. The predicted octanol–water partition coefficient (Wildman–Crippen LogP) is 3.28. The van der Waals surface area contributed by atoms with Gasteiger partial charge >= 0.3 is 5.97 Å². The normalized spacial score (nSPS) is 11.9. The lowest BCUT2D eigenvalue weighted by atomic mass is 10.3. The first-order valence-corrected chi connectivity index (χ1v) is 8.03. The maximum atomic E-state index is 12.1. The number of imidazole rings is 1. The summed E-state index contributed by atoms with van der Waals surface area (Å²) < 4.78 is 7.81. The van der Waals surface area contributed by atoms with E-state index in [1.165, 1.54) is 6.92 Å². The molecule has 24 heavy (non-hydrogen) atoms. The lowest BCUT2D eigenvalue weighted by molar-refractivity contribution is -0.123. The summed E-state index contributed by atoms with van der Waals surface area (Å²) in [6.07, 6.45) is 2.41. The molecule has 0 aliphatic rings. The molecule has 1 amide bonds. The Kier molecular flexibility index (Phi) is 4.61. The molecule has 1 atom stereocenters. The third-order valence-electron chi connectivity index (χ3n) is 3.34. The Morgan fingerprint density at radius 3 is 2.67 bits per heavy atom. The van der Waals surface area contributed by atoms with Crippen LogP contribution in [0.5, 0.6) is 0 Å². The minimum absolute atomic E-state index is 0.157. The molecule has 122 valence electrons. The van der Waals surface area contributed by atoms with Crippen LogP contribution in [0.25, 0.3) is 5.65 Å². The van der Waals surface area contributed by atoms with Crippen molar-refractivity contribution in [1.29, 1.82) is 0 Å². The number of carbonyl (C=O) groups is 2. The number of rotatable bonds is 4. The summed E-state index contributed by atoms with van der Waals surface area (Å²) in [6, 6.07) is 12.5. The van der Waals surface area contributed by atoms with Crippen molar-refractivity contribution in [2.75, 3.05) is 5.32 Å². The number of anilines is 1. The van der Waals surface area contributed by atoms with Gasteiger partial charge in [0.2, 0.25) is 0 Å². The second-order valence-corrected chi connectivity index (χ2v) is 6.05. The van der Waals surface area contributed by atoms with Crippen LogP contribution in [0.4, 0.5) is 5.69 Å². The van der Waals surface area contributed by atoms with Gasteiger partial charge in [0.15, 0.2) is 11.8 Å². The summed E-state index contributed by atoms with van der Waals surface area (Å²) in [4.78, 5) is 28.4. The number of halogens is 1. The smallest absolute Gasteiger partial charge is 0.359 e. The minimum atomic E-state index is -0.939. The number of benzene rings is 1. The number of fused-ring (bicyclic) bond motifs is 1. The largest absolute Gasteiger partial charge is 0.448 e. The molecule has 0 fully saturated rings. The monoisotopic (exact) mass is 387 g/mol. The van der Waals surface area contributed by atoms with Gasteiger partial charge in [0.05, 0.1) is 0 Å². The van der Waals surface area contributed by atoms with Crippen molar-refractivity contribution in [1.82, 2.24) is 9.38 Å². The van der Waals surface area contributed by atoms with E-state index in [1.807, 2.05) is 24.3 Å². The highest BCUT2D eigenvalue weighted by Gasteiger charge is 2.21. The van der Waals surface area contributed by atoms with Crippen LogP contribution in [-0.4, -0.2) is 27.4 Å². The van der Waals surface area contributed by atoms with Gasteiger partial charge in [-0.2, -0.15) is 0 Å². The van der Waals surface area contributed by atoms with E-state index in [9.17, 15) is 9.59 Å². The Morgan fingerprint density at radius 2 is 1.96 bits per heavy atom. The SMILES string of the molecule is C[C@@H](OC(=O)c1cn2ccccc2n1)C(=O)Nc1ccc(Br)cc1. The summed E-state index contributed by atoms with van der Waals surface area (Å²) in [7, 11) is 0. The van der Waals surface area contributed by atoms with Crippen molar-refractivity contribution in [3.05, 3.63) is 65.0 Å². The summed E-state index contributed by atoms with van der Waals surface area (Å²) in [5.41, 5.74) is 1.42. The topological polar surface area (TPSA) is 72.7 Å². The molecule has 0 aliphatic carbocycles. The van der Waals surface area contributed by atoms with Crippen LogP contribution in [0.3, 0.4) is 0 Å². The van der Waals surface area contributed by atoms with E-state index in [4.69, 9.17) is 4.74 Å². The summed E-state index contributed by atoms with van der Waals surface area (Å²) in [5.74, 6) is -1.05. The van der Waals surface area contributed by atoms with Gasteiger partial charge in [-0.3, -0.25) is 4.79 Å². The first kappa shape index (κ1) is 16.2. The van der Waals surface area contributed by atoms with Crippen LogP contribution in [0.2, 0.25) is 0 Å². The van der Waals surface area contributed by atoms with E-state index >= 15 is 0 Å². The Hall–Kier alpha value is -2.67. The number of carbonyl (C=O) groups excluding carboxylic acids is 2. The van der Waals surface area contributed by atoms with Gasteiger partial charge < -0.3 is 14.5 Å².